The summed E-state index contributed by atoms with van der Waals surface area (Å²) in [6, 6.07) is 6.06. The lowest BCUT2D eigenvalue weighted by molar-refractivity contribution is 0.409. The molecule has 0 bridgehead atoms. The molecule has 0 heterocycles. The van der Waals surface area contributed by atoms with E-state index in [1.165, 1.54) is 12.0 Å². The smallest absolute Gasteiger partial charge is 0.0459 e. The second-order valence-electron chi connectivity index (χ2n) is 4.04. The molecule has 1 nitrogen and oxygen atoms in total. The Morgan fingerprint density at radius 1 is 1.46 bits per heavy atom. The van der Waals surface area contributed by atoms with Gasteiger partial charge in [0.2, 0.25) is 0 Å². The lowest BCUT2D eigenvalue weighted by Gasteiger charge is -2.33. The largest absolute Gasteiger partial charge is 0.322 e. The Balaban J connectivity index is 2.61. The highest BCUT2D eigenvalue weighted by atomic mass is 35.5. The highest BCUT2D eigenvalue weighted by Gasteiger charge is 2.29. The molecule has 1 atom stereocenters. The second-order valence-corrected chi connectivity index (χ2v) is 4.45. The van der Waals surface area contributed by atoms with Gasteiger partial charge in [-0.2, -0.15) is 0 Å². The molecule has 0 fully saturated rings. The van der Waals surface area contributed by atoms with Gasteiger partial charge in [0, 0.05) is 10.6 Å². The summed E-state index contributed by atoms with van der Waals surface area (Å²) < 4.78 is 0. The number of rotatable bonds is 0. The predicted molar refractivity (Wildman–Crippen MR) is 55.9 cm³/mol. The minimum atomic E-state index is -0.230. The summed E-state index contributed by atoms with van der Waals surface area (Å²) in [5, 5.41) is 0.821. The summed E-state index contributed by atoms with van der Waals surface area (Å²) in [5.74, 6) is 0. The van der Waals surface area contributed by atoms with Crippen LogP contribution in [0.4, 0.5) is 0 Å². The number of hydrogen-bond donors (Lipinski definition) is 1. The Morgan fingerprint density at radius 3 is 2.92 bits per heavy atom. The minimum absolute atomic E-state index is 0.230. The molecule has 1 unspecified atom stereocenters. The van der Waals surface area contributed by atoms with Gasteiger partial charge >= 0.3 is 0 Å². The van der Waals surface area contributed by atoms with E-state index in [0.717, 1.165) is 23.4 Å². The van der Waals surface area contributed by atoms with Crippen LogP contribution < -0.4 is 5.73 Å². The molecule has 13 heavy (non-hydrogen) atoms. The fourth-order valence-corrected chi connectivity index (χ4v) is 2.60. The van der Waals surface area contributed by atoms with Crippen LogP contribution in [-0.4, -0.2) is 0 Å². The molecule has 1 aliphatic carbocycles. The molecular weight excluding hydrogens is 182 g/mol. The van der Waals surface area contributed by atoms with Gasteiger partial charge in [-0.15, -0.1) is 0 Å². The summed E-state index contributed by atoms with van der Waals surface area (Å²) in [4.78, 5) is 0. The third-order valence-corrected chi connectivity index (χ3v) is 3.13. The highest BCUT2D eigenvalue weighted by Crippen LogP contribution is 2.37. The summed E-state index contributed by atoms with van der Waals surface area (Å²) in [6.45, 7) is 2.07. The van der Waals surface area contributed by atoms with Crippen LogP contribution in [0.3, 0.4) is 0 Å². The lowest BCUT2D eigenvalue weighted by atomic mass is 9.78. The highest BCUT2D eigenvalue weighted by molar-refractivity contribution is 6.31. The lowest BCUT2D eigenvalue weighted by Crippen LogP contribution is -2.37. The maximum Gasteiger partial charge on any atom is 0.0459 e. The summed E-state index contributed by atoms with van der Waals surface area (Å²) in [5.41, 5.74) is 8.45. The zero-order valence-corrected chi connectivity index (χ0v) is 8.56. The number of hydrogen-bond acceptors (Lipinski definition) is 1. The maximum absolute atomic E-state index is 6.21. The minimum Gasteiger partial charge on any atom is -0.322 e. The fraction of sp³-hybridized carbons (Fsp3) is 0.455. The molecule has 0 aliphatic heterocycles. The molecule has 0 aromatic heterocycles. The summed E-state index contributed by atoms with van der Waals surface area (Å²) >= 11 is 6.15. The standard InChI is InChI=1S/C11H14ClN/c1-11(13)7-3-5-8-4-2-6-9(12)10(8)11/h2,4,6H,3,5,7,13H2,1H3. The van der Waals surface area contributed by atoms with E-state index in [1.807, 2.05) is 12.1 Å². The third-order valence-electron chi connectivity index (χ3n) is 2.81. The Morgan fingerprint density at radius 2 is 2.23 bits per heavy atom. The molecule has 0 amide bonds. The Hall–Kier alpha value is -0.530. The van der Waals surface area contributed by atoms with Crippen molar-refractivity contribution in [3.05, 3.63) is 34.3 Å². The van der Waals surface area contributed by atoms with Crippen molar-refractivity contribution < 1.29 is 0 Å². The van der Waals surface area contributed by atoms with Crippen molar-refractivity contribution in [2.45, 2.75) is 31.7 Å². The average Bonchev–Trinajstić information content (AvgIpc) is 2.02. The molecular formula is C11H14ClN. The first-order valence-corrected chi connectivity index (χ1v) is 5.06. The first-order chi connectivity index (χ1) is 6.11. The zero-order valence-electron chi connectivity index (χ0n) is 7.81. The van der Waals surface area contributed by atoms with Crippen LogP contribution in [0.5, 0.6) is 0 Å². The van der Waals surface area contributed by atoms with Crippen LogP contribution in [0.15, 0.2) is 18.2 Å². The number of fused-ring (bicyclic) bond motifs is 1. The van der Waals surface area contributed by atoms with Gasteiger partial charge in [0.15, 0.2) is 0 Å². The molecule has 1 aromatic carbocycles. The fourth-order valence-electron chi connectivity index (χ4n) is 2.19. The second kappa shape index (κ2) is 3.00. The molecule has 0 saturated heterocycles. The van der Waals surface area contributed by atoms with Crippen molar-refractivity contribution in [1.82, 2.24) is 0 Å². The molecule has 2 heteroatoms. The van der Waals surface area contributed by atoms with Crippen molar-refractivity contribution in [2.24, 2.45) is 5.73 Å². The maximum atomic E-state index is 6.21. The van der Waals surface area contributed by atoms with Gasteiger partial charge in [-0.1, -0.05) is 23.7 Å². The Bertz CT molecular complexity index is 331. The molecule has 2 rings (SSSR count). The van der Waals surface area contributed by atoms with Crippen molar-refractivity contribution >= 4 is 11.6 Å². The SMILES string of the molecule is CC1(N)CCCc2cccc(Cl)c21. The van der Waals surface area contributed by atoms with E-state index >= 15 is 0 Å². The zero-order chi connectivity index (χ0) is 9.47. The van der Waals surface area contributed by atoms with Crippen molar-refractivity contribution in [3.63, 3.8) is 0 Å². The van der Waals surface area contributed by atoms with Crippen LogP contribution >= 0.6 is 11.6 Å². The Labute approximate surface area is 83.9 Å². The number of halogens is 1. The van der Waals surface area contributed by atoms with E-state index in [-0.39, 0.29) is 5.54 Å². The van der Waals surface area contributed by atoms with E-state index in [4.69, 9.17) is 17.3 Å². The molecule has 0 spiro atoms. The van der Waals surface area contributed by atoms with Crippen molar-refractivity contribution in [1.29, 1.82) is 0 Å². The van der Waals surface area contributed by atoms with E-state index in [0.29, 0.717) is 0 Å². The van der Waals surface area contributed by atoms with Gasteiger partial charge in [0.1, 0.15) is 0 Å². The average molecular weight is 196 g/mol. The molecule has 0 radical (unpaired) electrons. The van der Waals surface area contributed by atoms with Gasteiger partial charge in [-0.05, 0) is 43.4 Å². The van der Waals surface area contributed by atoms with Crippen LogP contribution in [0.1, 0.15) is 30.9 Å². The molecule has 1 aromatic rings. The van der Waals surface area contributed by atoms with Crippen molar-refractivity contribution in [2.75, 3.05) is 0 Å². The van der Waals surface area contributed by atoms with Gasteiger partial charge in [0.05, 0.1) is 0 Å². The quantitative estimate of drug-likeness (QED) is 0.677. The molecule has 70 valence electrons. The number of benzene rings is 1. The Kier molecular flexibility index (Phi) is 2.09. The van der Waals surface area contributed by atoms with Crippen LogP contribution in [0, 0.1) is 0 Å². The first kappa shape index (κ1) is 9.04. The van der Waals surface area contributed by atoms with Gasteiger partial charge in [0.25, 0.3) is 0 Å². The van der Waals surface area contributed by atoms with Crippen LogP contribution in [0.25, 0.3) is 0 Å². The third kappa shape index (κ3) is 1.47. The van der Waals surface area contributed by atoms with Gasteiger partial charge in [-0.3, -0.25) is 0 Å². The topological polar surface area (TPSA) is 26.0 Å². The first-order valence-electron chi connectivity index (χ1n) is 4.68. The van der Waals surface area contributed by atoms with Crippen LogP contribution in [-0.2, 0) is 12.0 Å². The van der Waals surface area contributed by atoms with Crippen molar-refractivity contribution in [3.8, 4) is 0 Å². The summed E-state index contributed by atoms with van der Waals surface area (Å²) in [6.07, 6.45) is 3.31. The van der Waals surface area contributed by atoms with E-state index in [1.54, 1.807) is 0 Å². The molecule has 2 N–H and O–H groups in total. The van der Waals surface area contributed by atoms with E-state index in [2.05, 4.69) is 13.0 Å². The van der Waals surface area contributed by atoms with Gasteiger partial charge in [-0.25, -0.2) is 0 Å². The number of aryl methyl sites for hydroxylation is 1. The van der Waals surface area contributed by atoms with Gasteiger partial charge < -0.3 is 5.73 Å². The normalized spacial score (nSPS) is 27.0. The van der Waals surface area contributed by atoms with E-state index in [9.17, 15) is 0 Å². The molecule has 1 aliphatic rings. The van der Waals surface area contributed by atoms with E-state index < -0.39 is 0 Å². The summed E-state index contributed by atoms with van der Waals surface area (Å²) in [7, 11) is 0. The predicted octanol–water partition coefficient (Wildman–Crippen LogP) is 2.85. The van der Waals surface area contributed by atoms with Crippen LogP contribution in [0.2, 0.25) is 5.02 Å². The number of nitrogens with two attached hydrogens (primary N) is 1. The monoisotopic (exact) mass is 195 g/mol. The molecule has 0 saturated carbocycles.